The maximum Gasteiger partial charge on any atom is 0.240 e. The molecule has 0 saturated heterocycles. The lowest BCUT2D eigenvalue weighted by Crippen LogP contribution is -1.68. The van der Waals surface area contributed by atoms with Gasteiger partial charge in [-0.1, -0.05) is 24.3 Å². The van der Waals surface area contributed by atoms with Crippen molar-refractivity contribution in [3.8, 4) is 0 Å². The standard InChI is InChI=1S/C8H7NO/c10-7-9-8-5-3-1-2-4-6-8/h1-3,5-6H,4H2. The van der Waals surface area contributed by atoms with Crippen LogP contribution < -0.4 is 0 Å². The normalized spacial score (nSPS) is 15.4. The van der Waals surface area contributed by atoms with Gasteiger partial charge in [0.15, 0.2) is 0 Å². The first-order valence-electron chi connectivity index (χ1n) is 3.05. The van der Waals surface area contributed by atoms with E-state index in [1.165, 1.54) is 6.08 Å². The first-order chi connectivity index (χ1) is 4.93. The SMILES string of the molecule is O=C=NC1=CCC=CC=C1. The molecule has 0 aromatic rings. The summed E-state index contributed by atoms with van der Waals surface area (Å²) in [4.78, 5) is 13.3. The van der Waals surface area contributed by atoms with Crippen molar-refractivity contribution < 1.29 is 4.79 Å². The van der Waals surface area contributed by atoms with Crippen molar-refractivity contribution in [2.75, 3.05) is 0 Å². The molecular formula is C8H7NO. The Morgan fingerprint density at radius 1 is 1.50 bits per heavy atom. The fourth-order valence-electron chi connectivity index (χ4n) is 0.704. The van der Waals surface area contributed by atoms with Gasteiger partial charge in [0.25, 0.3) is 0 Å². The summed E-state index contributed by atoms with van der Waals surface area (Å²) in [6.07, 6.45) is 11.7. The van der Waals surface area contributed by atoms with Crippen LogP contribution in [0.4, 0.5) is 0 Å². The largest absolute Gasteiger partial charge is 0.240 e. The summed E-state index contributed by atoms with van der Waals surface area (Å²) in [7, 11) is 0. The van der Waals surface area contributed by atoms with E-state index in [1.807, 2.05) is 24.3 Å². The van der Waals surface area contributed by atoms with Crippen molar-refractivity contribution in [3.63, 3.8) is 0 Å². The topological polar surface area (TPSA) is 29.4 Å². The number of carbonyl (C=O) groups excluding carboxylic acids is 1. The van der Waals surface area contributed by atoms with Gasteiger partial charge in [0.05, 0.1) is 5.70 Å². The van der Waals surface area contributed by atoms with Gasteiger partial charge in [-0.2, -0.15) is 4.99 Å². The minimum absolute atomic E-state index is 0.681. The second-order valence-electron chi connectivity index (χ2n) is 1.86. The molecule has 0 radical (unpaired) electrons. The smallest absolute Gasteiger partial charge is 0.211 e. The lowest BCUT2D eigenvalue weighted by Gasteiger charge is -1.83. The van der Waals surface area contributed by atoms with Crippen LogP contribution in [0, 0.1) is 0 Å². The summed E-state index contributed by atoms with van der Waals surface area (Å²) in [5, 5.41) is 0. The van der Waals surface area contributed by atoms with Crippen molar-refractivity contribution in [2.24, 2.45) is 4.99 Å². The Bertz CT molecular complexity index is 242. The highest BCUT2D eigenvalue weighted by atomic mass is 16.1. The fraction of sp³-hybridized carbons (Fsp3) is 0.125. The van der Waals surface area contributed by atoms with E-state index in [-0.39, 0.29) is 0 Å². The van der Waals surface area contributed by atoms with Crippen LogP contribution in [-0.2, 0) is 4.79 Å². The van der Waals surface area contributed by atoms with E-state index in [1.54, 1.807) is 6.08 Å². The van der Waals surface area contributed by atoms with Gasteiger partial charge in [-0.3, -0.25) is 0 Å². The molecule has 0 N–H and O–H groups in total. The van der Waals surface area contributed by atoms with Crippen molar-refractivity contribution in [2.45, 2.75) is 6.42 Å². The highest BCUT2D eigenvalue weighted by molar-refractivity contribution is 5.40. The van der Waals surface area contributed by atoms with E-state index < -0.39 is 0 Å². The third-order valence-corrected chi connectivity index (χ3v) is 1.15. The molecule has 1 rings (SSSR count). The molecule has 0 bridgehead atoms. The Labute approximate surface area is 59.3 Å². The summed E-state index contributed by atoms with van der Waals surface area (Å²) in [5.74, 6) is 0. The van der Waals surface area contributed by atoms with Crippen molar-refractivity contribution >= 4 is 6.08 Å². The van der Waals surface area contributed by atoms with E-state index in [4.69, 9.17) is 0 Å². The Balaban J connectivity index is 2.77. The predicted molar refractivity (Wildman–Crippen MR) is 39.1 cm³/mol. The van der Waals surface area contributed by atoms with Gasteiger partial charge >= 0.3 is 0 Å². The molecule has 0 aromatic carbocycles. The van der Waals surface area contributed by atoms with Crippen molar-refractivity contribution in [3.05, 3.63) is 36.1 Å². The third-order valence-electron chi connectivity index (χ3n) is 1.15. The van der Waals surface area contributed by atoms with Gasteiger partial charge in [0.2, 0.25) is 6.08 Å². The highest BCUT2D eigenvalue weighted by Gasteiger charge is 1.87. The number of hydrogen-bond acceptors (Lipinski definition) is 2. The highest BCUT2D eigenvalue weighted by Crippen LogP contribution is 2.04. The number of rotatable bonds is 1. The molecule has 0 aliphatic heterocycles. The van der Waals surface area contributed by atoms with Gasteiger partial charge in [-0.15, -0.1) is 0 Å². The summed E-state index contributed by atoms with van der Waals surface area (Å²) in [6.45, 7) is 0. The maximum atomic E-state index is 9.80. The molecule has 1 aliphatic rings. The first kappa shape index (κ1) is 6.72. The molecule has 50 valence electrons. The second kappa shape index (κ2) is 3.59. The molecule has 2 nitrogen and oxygen atoms in total. The molecule has 0 unspecified atom stereocenters. The molecule has 0 saturated carbocycles. The quantitative estimate of drug-likeness (QED) is 0.395. The number of aliphatic imine (C=N–C) groups is 1. The van der Waals surface area contributed by atoms with Crippen LogP contribution in [0.2, 0.25) is 0 Å². The van der Waals surface area contributed by atoms with Gasteiger partial charge in [0, 0.05) is 0 Å². The second-order valence-corrected chi connectivity index (χ2v) is 1.86. The zero-order valence-corrected chi connectivity index (χ0v) is 5.45. The van der Waals surface area contributed by atoms with Gasteiger partial charge < -0.3 is 0 Å². The average molecular weight is 133 g/mol. The van der Waals surface area contributed by atoms with Crippen LogP contribution in [0.25, 0.3) is 0 Å². The Kier molecular flexibility index (Phi) is 2.41. The Morgan fingerprint density at radius 3 is 3.20 bits per heavy atom. The van der Waals surface area contributed by atoms with Crippen molar-refractivity contribution in [1.29, 1.82) is 0 Å². The lowest BCUT2D eigenvalue weighted by molar-refractivity contribution is 0.565. The van der Waals surface area contributed by atoms with Gasteiger partial charge in [-0.25, -0.2) is 4.79 Å². The first-order valence-corrected chi connectivity index (χ1v) is 3.05. The van der Waals surface area contributed by atoms with Crippen LogP contribution in [0.3, 0.4) is 0 Å². The summed E-state index contributed by atoms with van der Waals surface area (Å²) in [5.41, 5.74) is 0.681. The summed E-state index contributed by atoms with van der Waals surface area (Å²) in [6, 6.07) is 0. The maximum absolute atomic E-state index is 9.80. The number of nitrogens with zero attached hydrogens (tertiary/aromatic N) is 1. The fourth-order valence-corrected chi connectivity index (χ4v) is 0.704. The number of isocyanates is 1. The molecule has 10 heavy (non-hydrogen) atoms. The molecule has 0 atom stereocenters. The summed E-state index contributed by atoms with van der Waals surface area (Å²) >= 11 is 0. The molecule has 2 heteroatoms. The molecule has 0 spiro atoms. The Hall–Kier alpha value is -1.40. The van der Waals surface area contributed by atoms with E-state index >= 15 is 0 Å². The van der Waals surface area contributed by atoms with E-state index in [0.717, 1.165) is 6.42 Å². The van der Waals surface area contributed by atoms with E-state index in [2.05, 4.69) is 4.99 Å². The zero-order chi connectivity index (χ0) is 7.23. The summed E-state index contributed by atoms with van der Waals surface area (Å²) < 4.78 is 0. The average Bonchev–Trinajstić information content (AvgIpc) is 2.17. The van der Waals surface area contributed by atoms with Gasteiger partial charge in [-0.05, 0) is 12.5 Å². The zero-order valence-electron chi connectivity index (χ0n) is 5.45. The monoisotopic (exact) mass is 133 g/mol. The van der Waals surface area contributed by atoms with Crippen LogP contribution in [0.1, 0.15) is 6.42 Å². The molecule has 0 heterocycles. The third kappa shape index (κ3) is 1.84. The van der Waals surface area contributed by atoms with Crippen molar-refractivity contribution in [1.82, 2.24) is 0 Å². The van der Waals surface area contributed by atoms with Crippen LogP contribution >= 0.6 is 0 Å². The lowest BCUT2D eigenvalue weighted by atomic mass is 10.3. The van der Waals surface area contributed by atoms with E-state index in [9.17, 15) is 4.79 Å². The molecule has 0 amide bonds. The minimum atomic E-state index is 0.681. The minimum Gasteiger partial charge on any atom is -0.211 e. The number of allylic oxidation sites excluding steroid dienone is 5. The molecule has 0 fully saturated rings. The number of hydrogen-bond donors (Lipinski definition) is 0. The predicted octanol–water partition coefficient (Wildman–Crippen LogP) is 1.72. The molecular weight excluding hydrogens is 126 g/mol. The van der Waals surface area contributed by atoms with Crippen LogP contribution in [0.15, 0.2) is 41.1 Å². The van der Waals surface area contributed by atoms with E-state index in [0.29, 0.717) is 5.70 Å². The Morgan fingerprint density at radius 2 is 2.40 bits per heavy atom. The molecule has 1 aliphatic carbocycles. The molecule has 0 aromatic heterocycles. The van der Waals surface area contributed by atoms with Crippen LogP contribution in [-0.4, -0.2) is 6.08 Å². The van der Waals surface area contributed by atoms with Gasteiger partial charge in [0.1, 0.15) is 0 Å². The van der Waals surface area contributed by atoms with Crippen LogP contribution in [0.5, 0.6) is 0 Å².